The van der Waals surface area contributed by atoms with E-state index >= 15 is 0 Å². The van der Waals surface area contributed by atoms with Crippen LogP contribution >= 0.6 is 23.5 Å². The third-order valence-corrected chi connectivity index (χ3v) is 3.86. The number of carbonyl (C=O) groups is 2. The Kier molecular flexibility index (Phi) is 3.40. The molecule has 0 N–H and O–H groups in total. The maximum atomic E-state index is 11.2. The molecule has 0 aromatic rings. The van der Waals surface area contributed by atoms with Crippen LogP contribution in [0.1, 0.15) is 12.8 Å². The minimum absolute atomic E-state index is 0.0127. The van der Waals surface area contributed by atoms with E-state index in [-0.39, 0.29) is 11.6 Å². The van der Waals surface area contributed by atoms with Gasteiger partial charge in [-0.25, -0.2) is 0 Å². The van der Waals surface area contributed by atoms with Crippen molar-refractivity contribution in [2.75, 3.05) is 12.5 Å². The molecule has 0 aromatic carbocycles. The third-order valence-electron chi connectivity index (χ3n) is 1.71. The van der Waals surface area contributed by atoms with Crippen LogP contribution in [0.15, 0.2) is 9.81 Å². The number of hydrogen-bond acceptors (Lipinski definition) is 4. The lowest BCUT2D eigenvalue weighted by atomic mass is 10.2. The highest BCUT2D eigenvalue weighted by Crippen LogP contribution is 2.32. The van der Waals surface area contributed by atoms with Crippen LogP contribution < -0.4 is 0 Å². The van der Waals surface area contributed by atoms with E-state index in [1.807, 2.05) is 12.5 Å². The van der Waals surface area contributed by atoms with Crippen LogP contribution in [-0.4, -0.2) is 24.1 Å². The summed E-state index contributed by atoms with van der Waals surface area (Å²) in [4.78, 5) is 22.5. The van der Waals surface area contributed by atoms with E-state index in [1.54, 1.807) is 0 Å². The fourth-order valence-corrected chi connectivity index (χ4v) is 2.68. The predicted molar refractivity (Wildman–Crippen MR) is 53.3 cm³/mol. The molecule has 0 saturated heterocycles. The highest BCUT2D eigenvalue weighted by Gasteiger charge is 2.28. The molecule has 4 heteroatoms. The van der Waals surface area contributed by atoms with Gasteiger partial charge in [-0.1, -0.05) is 0 Å². The van der Waals surface area contributed by atoms with Gasteiger partial charge in [0.1, 0.15) is 0 Å². The van der Waals surface area contributed by atoms with E-state index in [0.717, 1.165) is 4.24 Å². The number of rotatable bonds is 2. The molecule has 0 aliphatic heterocycles. The van der Waals surface area contributed by atoms with Gasteiger partial charge in [0.2, 0.25) is 0 Å². The standard InChI is InChI=1S/C8H10O2S2/c1-11-8(12-2)7-5(9)3-4-6(7)10/h3-4H2,1-2H3. The molecule has 0 atom stereocenters. The number of thioether (sulfide) groups is 2. The largest absolute Gasteiger partial charge is 0.294 e. The zero-order valence-corrected chi connectivity index (χ0v) is 8.68. The molecule has 1 saturated carbocycles. The van der Waals surface area contributed by atoms with E-state index in [9.17, 15) is 9.59 Å². The summed E-state index contributed by atoms with van der Waals surface area (Å²) in [6.07, 6.45) is 4.58. The molecule has 12 heavy (non-hydrogen) atoms. The van der Waals surface area contributed by atoms with Crippen LogP contribution in [0.2, 0.25) is 0 Å². The Morgan fingerprint density at radius 1 is 1.08 bits per heavy atom. The minimum Gasteiger partial charge on any atom is -0.294 e. The smallest absolute Gasteiger partial charge is 0.168 e. The molecule has 2 nitrogen and oxygen atoms in total. The number of allylic oxidation sites excluding steroid dienone is 1. The molecule has 0 unspecified atom stereocenters. The van der Waals surface area contributed by atoms with Crippen molar-refractivity contribution in [3.8, 4) is 0 Å². The van der Waals surface area contributed by atoms with Crippen molar-refractivity contribution in [1.29, 1.82) is 0 Å². The van der Waals surface area contributed by atoms with Crippen molar-refractivity contribution in [3.05, 3.63) is 9.81 Å². The third kappa shape index (κ3) is 1.75. The molecule has 66 valence electrons. The van der Waals surface area contributed by atoms with Crippen LogP contribution in [-0.2, 0) is 9.59 Å². The maximum Gasteiger partial charge on any atom is 0.168 e. The highest BCUT2D eigenvalue weighted by atomic mass is 32.2. The molecular weight excluding hydrogens is 192 g/mol. The molecular formula is C8H10O2S2. The second-order valence-corrected chi connectivity index (χ2v) is 4.31. The van der Waals surface area contributed by atoms with Crippen LogP contribution in [0.3, 0.4) is 0 Å². The van der Waals surface area contributed by atoms with Gasteiger partial charge < -0.3 is 0 Å². The Labute approximate surface area is 80.2 Å². The average Bonchev–Trinajstić information content (AvgIpc) is 2.38. The van der Waals surface area contributed by atoms with Gasteiger partial charge in [-0.15, -0.1) is 23.5 Å². The Hall–Kier alpha value is -0.220. The van der Waals surface area contributed by atoms with Crippen molar-refractivity contribution in [3.63, 3.8) is 0 Å². The zero-order chi connectivity index (χ0) is 9.14. The van der Waals surface area contributed by atoms with Gasteiger partial charge in [-0.3, -0.25) is 9.59 Å². The highest BCUT2D eigenvalue weighted by molar-refractivity contribution is 8.21. The summed E-state index contributed by atoms with van der Waals surface area (Å²) in [5.74, 6) is 0.0254. The molecule has 0 bridgehead atoms. The predicted octanol–water partition coefficient (Wildman–Crippen LogP) is 1.86. The first kappa shape index (κ1) is 9.86. The Morgan fingerprint density at radius 2 is 1.50 bits per heavy atom. The lowest BCUT2D eigenvalue weighted by molar-refractivity contribution is -0.116. The average molecular weight is 202 g/mol. The van der Waals surface area contributed by atoms with Crippen molar-refractivity contribution in [2.24, 2.45) is 0 Å². The molecule has 1 fully saturated rings. The van der Waals surface area contributed by atoms with Gasteiger partial charge >= 0.3 is 0 Å². The number of ketones is 2. The van der Waals surface area contributed by atoms with E-state index < -0.39 is 0 Å². The van der Waals surface area contributed by atoms with Crippen molar-refractivity contribution in [2.45, 2.75) is 12.8 Å². The molecule has 1 rings (SSSR count). The van der Waals surface area contributed by atoms with Crippen LogP contribution in [0.4, 0.5) is 0 Å². The van der Waals surface area contributed by atoms with Gasteiger partial charge in [0.05, 0.1) is 9.81 Å². The van der Waals surface area contributed by atoms with E-state index in [2.05, 4.69) is 0 Å². The van der Waals surface area contributed by atoms with Crippen molar-refractivity contribution < 1.29 is 9.59 Å². The summed E-state index contributed by atoms with van der Waals surface area (Å²) in [5, 5.41) is 0. The summed E-state index contributed by atoms with van der Waals surface area (Å²) in [6, 6.07) is 0. The summed E-state index contributed by atoms with van der Waals surface area (Å²) < 4.78 is 0.863. The van der Waals surface area contributed by atoms with Gasteiger partial charge in [-0.2, -0.15) is 0 Å². The van der Waals surface area contributed by atoms with Gasteiger partial charge in [0.25, 0.3) is 0 Å². The molecule has 0 aromatic heterocycles. The number of Topliss-reactive ketones (excluding diaryl/α,β-unsaturated/α-hetero) is 2. The Morgan fingerprint density at radius 3 is 1.83 bits per heavy atom. The molecule has 0 spiro atoms. The Bertz CT molecular complexity index is 232. The summed E-state index contributed by atoms with van der Waals surface area (Å²) >= 11 is 2.95. The molecule has 1 aliphatic carbocycles. The maximum absolute atomic E-state index is 11.2. The second-order valence-electron chi connectivity index (χ2n) is 2.42. The molecule has 0 radical (unpaired) electrons. The van der Waals surface area contributed by atoms with Crippen LogP contribution in [0, 0.1) is 0 Å². The monoisotopic (exact) mass is 202 g/mol. The number of carbonyl (C=O) groups excluding carboxylic acids is 2. The summed E-state index contributed by atoms with van der Waals surface area (Å²) in [7, 11) is 0. The quantitative estimate of drug-likeness (QED) is 0.505. The summed E-state index contributed by atoms with van der Waals surface area (Å²) in [6.45, 7) is 0. The fraction of sp³-hybridized carbons (Fsp3) is 0.500. The molecule has 1 aliphatic rings. The number of hydrogen-bond donors (Lipinski definition) is 0. The van der Waals surface area contributed by atoms with Gasteiger partial charge in [0.15, 0.2) is 11.6 Å². The molecule has 0 amide bonds. The van der Waals surface area contributed by atoms with Crippen molar-refractivity contribution in [1.82, 2.24) is 0 Å². The van der Waals surface area contributed by atoms with E-state index in [4.69, 9.17) is 0 Å². The topological polar surface area (TPSA) is 34.1 Å². The van der Waals surface area contributed by atoms with Crippen molar-refractivity contribution >= 4 is 35.1 Å². The van der Waals surface area contributed by atoms with Crippen LogP contribution in [0.25, 0.3) is 0 Å². The fourth-order valence-electron chi connectivity index (χ4n) is 1.15. The zero-order valence-electron chi connectivity index (χ0n) is 7.05. The van der Waals surface area contributed by atoms with Gasteiger partial charge in [0, 0.05) is 12.8 Å². The minimum atomic E-state index is 0.0127. The SMILES string of the molecule is CSC(SC)=C1C(=O)CCC1=O. The van der Waals surface area contributed by atoms with Gasteiger partial charge in [-0.05, 0) is 12.5 Å². The summed E-state index contributed by atoms with van der Waals surface area (Å²) in [5.41, 5.74) is 0.440. The lowest BCUT2D eigenvalue weighted by Crippen LogP contribution is -2.01. The van der Waals surface area contributed by atoms with E-state index in [1.165, 1.54) is 23.5 Å². The lowest BCUT2D eigenvalue weighted by Gasteiger charge is -2.01. The van der Waals surface area contributed by atoms with Crippen LogP contribution in [0.5, 0.6) is 0 Å². The molecule has 0 heterocycles. The first-order chi connectivity index (χ1) is 5.70. The normalized spacial score (nSPS) is 17.3. The first-order valence-corrected chi connectivity index (χ1v) is 6.04. The second kappa shape index (κ2) is 4.14. The first-order valence-electron chi connectivity index (χ1n) is 3.59. The van der Waals surface area contributed by atoms with E-state index in [0.29, 0.717) is 18.4 Å². The Balaban J connectivity index is 3.03.